The lowest BCUT2D eigenvalue weighted by atomic mass is 10.0. The van der Waals surface area contributed by atoms with Gasteiger partial charge in [0.15, 0.2) is 6.29 Å². The summed E-state index contributed by atoms with van der Waals surface area (Å²) in [7, 11) is 0. The molecule has 0 saturated carbocycles. The van der Waals surface area contributed by atoms with Gasteiger partial charge in [0.25, 0.3) is 0 Å². The zero-order valence-electron chi connectivity index (χ0n) is 8.15. The first-order valence-corrected chi connectivity index (χ1v) is 5.25. The minimum Gasteiger partial charge on any atom is -0.394 e. The first-order chi connectivity index (χ1) is 6.93. The van der Waals surface area contributed by atoms with Gasteiger partial charge in [-0.3, -0.25) is 0 Å². The number of rotatable bonds is 7. The summed E-state index contributed by atoms with van der Waals surface area (Å²) in [5.74, 6) is 0. The van der Waals surface area contributed by atoms with Crippen LogP contribution >= 0.6 is 15.9 Å². The van der Waals surface area contributed by atoms with Gasteiger partial charge in [-0.15, -0.1) is 0 Å². The molecule has 1 unspecified atom stereocenters. The molecule has 0 aliphatic heterocycles. The number of alkyl halides is 1. The molecule has 0 aromatic carbocycles. The van der Waals surface area contributed by atoms with Crippen molar-refractivity contribution >= 4 is 22.2 Å². The summed E-state index contributed by atoms with van der Waals surface area (Å²) in [6.45, 7) is 0.867. The average Bonchev–Trinajstić information content (AvgIpc) is 2.22. The minimum atomic E-state index is -1.64. The van der Waals surface area contributed by atoms with Crippen molar-refractivity contribution in [3.05, 3.63) is 0 Å². The Labute approximate surface area is 95.6 Å². The summed E-state index contributed by atoms with van der Waals surface area (Å²) in [4.78, 5) is 10.5. The second-order valence-corrected chi connectivity index (χ2v) is 4.30. The van der Waals surface area contributed by atoms with Crippen molar-refractivity contribution in [2.45, 2.75) is 36.4 Å². The Balaban J connectivity index is 4.36. The summed E-state index contributed by atoms with van der Waals surface area (Å²) >= 11 is 3.00. The highest BCUT2D eigenvalue weighted by molar-refractivity contribution is 9.09. The molecule has 90 valence electrons. The highest BCUT2D eigenvalue weighted by Gasteiger charge is 2.32. The molecule has 7 heteroatoms. The van der Waals surface area contributed by atoms with Crippen LogP contribution in [0, 0.1) is 0 Å². The van der Waals surface area contributed by atoms with Crippen LogP contribution in [0.25, 0.3) is 0 Å². The summed E-state index contributed by atoms with van der Waals surface area (Å²) in [5.41, 5.74) is 0. The molecule has 15 heavy (non-hydrogen) atoms. The highest BCUT2D eigenvalue weighted by atomic mass is 79.9. The van der Waals surface area contributed by atoms with Gasteiger partial charge in [0.2, 0.25) is 0 Å². The van der Waals surface area contributed by atoms with E-state index in [1.807, 2.05) is 0 Å². The van der Waals surface area contributed by atoms with Gasteiger partial charge in [0.1, 0.15) is 29.4 Å². The molecule has 0 rings (SSSR count). The van der Waals surface area contributed by atoms with Crippen LogP contribution in [-0.2, 0) is 9.53 Å². The van der Waals surface area contributed by atoms with Gasteiger partial charge in [0.05, 0.1) is 6.61 Å². The van der Waals surface area contributed by atoms with E-state index in [1.54, 1.807) is 6.92 Å². The fourth-order valence-corrected chi connectivity index (χ4v) is 1.19. The highest BCUT2D eigenvalue weighted by Crippen LogP contribution is 2.11. The smallest absolute Gasteiger partial charge is 0.151 e. The third-order valence-corrected chi connectivity index (χ3v) is 1.96. The Bertz CT molecular complexity index is 188. The van der Waals surface area contributed by atoms with Crippen LogP contribution in [0.3, 0.4) is 0 Å². The van der Waals surface area contributed by atoms with E-state index in [9.17, 15) is 15.0 Å². The van der Waals surface area contributed by atoms with E-state index in [-0.39, 0.29) is 0 Å². The molecule has 0 radical (unpaired) electrons. The van der Waals surface area contributed by atoms with Crippen LogP contribution in [0.1, 0.15) is 6.92 Å². The summed E-state index contributed by atoms with van der Waals surface area (Å²) in [5, 5.41) is 35.8. The third-order valence-electron chi connectivity index (χ3n) is 1.75. The molecule has 0 bridgehead atoms. The number of carbonyl (C=O) groups excluding carboxylic acids is 1. The van der Waals surface area contributed by atoms with E-state index in [0.29, 0.717) is 6.29 Å². The van der Waals surface area contributed by atoms with Gasteiger partial charge in [-0.1, -0.05) is 15.9 Å². The van der Waals surface area contributed by atoms with Gasteiger partial charge in [-0.2, -0.15) is 0 Å². The SMILES string of the molecule is CC(Br)O[C@@H](C=O)[C@@H](O)[C@H](O)[C@H](O)CO. The first kappa shape index (κ1) is 14.9. The van der Waals surface area contributed by atoms with Gasteiger partial charge < -0.3 is 30.0 Å². The maximum absolute atomic E-state index is 10.5. The van der Waals surface area contributed by atoms with Crippen LogP contribution in [0.4, 0.5) is 0 Å². The molecule has 0 aliphatic rings. The van der Waals surface area contributed by atoms with Gasteiger partial charge >= 0.3 is 0 Å². The third kappa shape index (κ3) is 5.01. The zero-order chi connectivity index (χ0) is 12.0. The fourth-order valence-electron chi connectivity index (χ4n) is 0.940. The number of ether oxygens (including phenoxy) is 1. The second-order valence-electron chi connectivity index (χ2n) is 3.01. The summed E-state index contributed by atoms with van der Waals surface area (Å²) in [6.07, 6.45) is -5.70. The van der Waals surface area contributed by atoms with Crippen molar-refractivity contribution in [3.8, 4) is 0 Å². The van der Waals surface area contributed by atoms with E-state index in [2.05, 4.69) is 15.9 Å². The van der Waals surface area contributed by atoms with Gasteiger partial charge in [0, 0.05) is 0 Å². The maximum Gasteiger partial charge on any atom is 0.151 e. The van der Waals surface area contributed by atoms with E-state index >= 15 is 0 Å². The molecule has 6 nitrogen and oxygen atoms in total. The number of halogens is 1. The molecule has 0 saturated heterocycles. The normalized spacial score (nSPS) is 21.5. The fraction of sp³-hybridized carbons (Fsp3) is 0.875. The predicted molar refractivity (Wildman–Crippen MR) is 54.4 cm³/mol. The number of aliphatic hydroxyl groups is 4. The quantitative estimate of drug-likeness (QED) is 0.331. The molecule has 0 amide bonds. The van der Waals surface area contributed by atoms with Gasteiger partial charge in [-0.25, -0.2) is 0 Å². The van der Waals surface area contributed by atoms with E-state index in [4.69, 9.17) is 14.9 Å². The lowest BCUT2D eigenvalue weighted by Crippen LogP contribution is -2.47. The molecule has 4 N–H and O–H groups in total. The molecule has 0 aromatic rings. The minimum absolute atomic E-state index is 0.315. The zero-order valence-corrected chi connectivity index (χ0v) is 9.74. The Hall–Kier alpha value is -0.0500. The monoisotopic (exact) mass is 286 g/mol. The Kier molecular flexibility index (Phi) is 7.24. The molecule has 0 aromatic heterocycles. The van der Waals surface area contributed by atoms with Crippen LogP contribution in [0.15, 0.2) is 0 Å². The summed E-state index contributed by atoms with van der Waals surface area (Å²) < 4.78 is 4.92. The van der Waals surface area contributed by atoms with E-state index < -0.39 is 36.0 Å². The number of aldehydes is 1. The first-order valence-electron chi connectivity index (χ1n) is 4.34. The molecule has 5 atom stereocenters. The number of carbonyl (C=O) groups is 1. The lowest BCUT2D eigenvalue weighted by molar-refractivity contribution is -0.146. The molecule has 0 aliphatic carbocycles. The predicted octanol–water partition coefficient (Wildman–Crippen LogP) is -1.61. The van der Waals surface area contributed by atoms with Crippen molar-refractivity contribution in [2.75, 3.05) is 6.61 Å². The average molecular weight is 287 g/mol. The van der Waals surface area contributed by atoms with Crippen molar-refractivity contribution in [2.24, 2.45) is 0 Å². The second kappa shape index (κ2) is 7.26. The number of hydrogen-bond donors (Lipinski definition) is 4. The maximum atomic E-state index is 10.5. The number of aliphatic hydroxyl groups excluding tert-OH is 4. The molecule has 0 fully saturated rings. The molecular formula is C8H15BrO6. The van der Waals surface area contributed by atoms with Crippen molar-refractivity contribution in [3.63, 3.8) is 0 Å². The Morgan fingerprint density at radius 3 is 2.20 bits per heavy atom. The van der Waals surface area contributed by atoms with Crippen LogP contribution < -0.4 is 0 Å². The van der Waals surface area contributed by atoms with Crippen LogP contribution in [0.5, 0.6) is 0 Å². The topological polar surface area (TPSA) is 107 Å². The van der Waals surface area contributed by atoms with Crippen molar-refractivity contribution in [1.82, 2.24) is 0 Å². The number of hydrogen-bond acceptors (Lipinski definition) is 6. The standard InChI is InChI=1S/C8H15BrO6/c1-4(9)15-6(3-11)8(14)7(13)5(12)2-10/h3-8,10,12-14H,2H2,1H3/t4?,5-,6+,7-,8-/m1/s1. The van der Waals surface area contributed by atoms with E-state index in [1.165, 1.54) is 0 Å². The lowest BCUT2D eigenvalue weighted by Gasteiger charge is -2.26. The van der Waals surface area contributed by atoms with Gasteiger partial charge in [-0.05, 0) is 6.92 Å². The Morgan fingerprint density at radius 2 is 1.87 bits per heavy atom. The largest absolute Gasteiger partial charge is 0.394 e. The molecule has 0 heterocycles. The Morgan fingerprint density at radius 1 is 1.33 bits per heavy atom. The van der Waals surface area contributed by atoms with Crippen LogP contribution in [0.2, 0.25) is 0 Å². The van der Waals surface area contributed by atoms with Crippen molar-refractivity contribution < 1.29 is 30.0 Å². The molecule has 0 spiro atoms. The molecular weight excluding hydrogens is 272 g/mol. The van der Waals surface area contributed by atoms with Crippen molar-refractivity contribution in [1.29, 1.82) is 0 Å². The summed E-state index contributed by atoms with van der Waals surface area (Å²) in [6, 6.07) is 0. The van der Waals surface area contributed by atoms with Crippen LogP contribution in [-0.4, -0.2) is 62.7 Å². The van der Waals surface area contributed by atoms with E-state index in [0.717, 1.165) is 0 Å².